The van der Waals surface area contributed by atoms with Crippen molar-refractivity contribution in [3.63, 3.8) is 0 Å². The van der Waals surface area contributed by atoms with Crippen molar-refractivity contribution < 1.29 is 10.0 Å². The predicted octanol–water partition coefficient (Wildman–Crippen LogP) is 2.02. The minimum Gasteiger partial charge on any atom is -0.388 e. The molecule has 0 saturated heterocycles. The average molecular weight is 283 g/mol. The molecule has 0 aliphatic heterocycles. The first-order valence-electron chi connectivity index (χ1n) is 5.56. The van der Waals surface area contributed by atoms with Gasteiger partial charge in [-0.2, -0.15) is 0 Å². The fraction of sp³-hybridized carbons (Fsp3) is 0.273. The lowest BCUT2D eigenvalue weighted by Gasteiger charge is -2.08. The van der Waals surface area contributed by atoms with Gasteiger partial charge in [0.15, 0.2) is 11.6 Å². The number of halogens is 1. The van der Waals surface area contributed by atoms with Crippen LogP contribution in [0.2, 0.25) is 5.02 Å². The third kappa shape index (κ3) is 2.29. The molecule has 0 bridgehead atoms. The molecule has 2 aromatic rings. The maximum Gasteiger partial charge on any atom is 0.281 e. The number of aliphatic hydroxyl groups is 1. The van der Waals surface area contributed by atoms with E-state index in [1.165, 1.54) is 12.1 Å². The van der Waals surface area contributed by atoms with E-state index in [0.29, 0.717) is 12.4 Å². The lowest BCUT2D eigenvalue weighted by atomic mass is 10.1. The molecule has 0 aliphatic rings. The Morgan fingerprint density at radius 2 is 2.21 bits per heavy atom. The van der Waals surface area contributed by atoms with Crippen LogP contribution in [0.15, 0.2) is 18.2 Å². The van der Waals surface area contributed by atoms with Gasteiger partial charge in [-0.1, -0.05) is 17.7 Å². The molecule has 19 heavy (non-hydrogen) atoms. The summed E-state index contributed by atoms with van der Waals surface area (Å²) < 4.78 is 1.59. The molecule has 1 heterocycles. The first-order valence-corrected chi connectivity index (χ1v) is 5.94. The van der Waals surface area contributed by atoms with E-state index in [2.05, 4.69) is 10.2 Å². The fourth-order valence-corrected chi connectivity index (χ4v) is 2.11. The topological polar surface area (TPSA) is 94.1 Å². The van der Waals surface area contributed by atoms with Crippen molar-refractivity contribution in [2.75, 3.05) is 0 Å². The van der Waals surface area contributed by atoms with Crippen LogP contribution in [0.3, 0.4) is 0 Å². The Balaban J connectivity index is 2.71. The van der Waals surface area contributed by atoms with E-state index in [0.717, 1.165) is 0 Å². The predicted molar refractivity (Wildman–Crippen MR) is 68.7 cm³/mol. The Hall–Kier alpha value is -1.99. The van der Waals surface area contributed by atoms with Crippen molar-refractivity contribution in [3.05, 3.63) is 39.2 Å². The van der Waals surface area contributed by atoms with E-state index in [1.54, 1.807) is 10.6 Å². The number of nitro groups is 1. The molecular weight excluding hydrogens is 272 g/mol. The smallest absolute Gasteiger partial charge is 0.281 e. The lowest BCUT2D eigenvalue weighted by Crippen LogP contribution is -2.05. The third-order valence-corrected chi connectivity index (χ3v) is 3.01. The number of hydrogen-bond acceptors (Lipinski definition) is 5. The van der Waals surface area contributed by atoms with Crippen LogP contribution in [0.5, 0.6) is 0 Å². The van der Waals surface area contributed by atoms with Crippen molar-refractivity contribution in [2.24, 2.45) is 0 Å². The minimum atomic E-state index is -0.519. The summed E-state index contributed by atoms with van der Waals surface area (Å²) in [5.74, 6) is 0.621. The summed E-state index contributed by atoms with van der Waals surface area (Å²) in [6.45, 7) is 2.01. The van der Waals surface area contributed by atoms with Crippen molar-refractivity contribution in [1.82, 2.24) is 14.8 Å². The van der Waals surface area contributed by atoms with Crippen molar-refractivity contribution in [1.29, 1.82) is 0 Å². The summed E-state index contributed by atoms with van der Waals surface area (Å²) in [5.41, 5.74) is 0.0716. The van der Waals surface area contributed by atoms with E-state index < -0.39 is 4.92 Å². The molecule has 0 fully saturated rings. The van der Waals surface area contributed by atoms with Crippen LogP contribution in [0.1, 0.15) is 12.7 Å². The molecule has 0 radical (unpaired) electrons. The molecule has 0 unspecified atom stereocenters. The van der Waals surface area contributed by atoms with Crippen LogP contribution in [0, 0.1) is 10.1 Å². The average Bonchev–Trinajstić information content (AvgIpc) is 2.80. The van der Waals surface area contributed by atoms with Crippen LogP contribution < -0.4 is 0 Å². The van der Waals surface area contributed by atoms with Gasteiger partial charge in [-0.3, -0.25) is 10.1 Å². The molecular formula is C11H11ClN4O3. The molecule has 1 aromatic carbocycles. The molecule has 0 amide bonds. The first-order chi connectivity index (χ1) is 9.10. The van der Waals surface area contributed by atoms with Gasteiger partial charge in [-0.25, -0.2) is 0 Å². The van der Waals surface area contributed by atoms with Gasteiger partial charge in [0, 0.05) is 12.6 Å². The molecule has 0 aliphatic carbocycles. The zero-order valence-corrected chi connectivity index (χ0v) is 10.8. The number of nitro benzene ring substituents is 1. The second-order valence-electron chi connectivity index (χ2n) is 3.73. The summed E-state index contributed by atoms with van der Waals surface area (Å²) in [7, 11) is 0. The van der Waals surface area contributed by atoms with Gasteiger partial charge < -0.3 is 9.67 Å². The summed E-state index contributed by atoms with van der Waals surface area (Å²) in [6, 6.07) is 4.41. The van der Waals surface area contributed by atoms with E-state index >= 15 is 0 Å². The number of rotatable bonds is 4. The van der Waals surface area contributed by atoms with Gasteiger partial charge in [0.25, 0.3) is 5.69 Å². The van der Waals surface area contributed by atoms with E-state index in [1.807, 2.05) is 6.92 Å². The molecule has 1 N–H and O–H groups in total. The number of benzene rings is 1. The molecule has 2 rings (SSSR count). The maximum atomic E-state index is 11.1. The Morgan fingerprint density at radius 1 is 1.47 bits per heavy atom. The fourth-order valence-electron chi connectivity index (χ4n) is 1.86. The molecule has 0 spiro atoms. The van der Waals surface area contributed by atoms with Crippen molar-refractivity contribution in [2.45, 2.75) is 20.1 Å². The quantitative estimate of drug-likeness (QED) is 0.684. The standard InChI is InChI=1S/C11H11ClN4O3/c1-2-15-9(6-17)13-14-11(15)10-7(12)4-3-5-8(10)16(18)19/h3-5,17H,2,6H2,1H3. The molecule has 0 saturated carbocycles. The lowest BCUT2D eigenvalue weighted by molar-refractivity contribution is -0.384. The van der Waals surface area contributed by atoms with Gasteiger partial charge in [0.1, 0.15) is 12.2 Å². The highest BCUT2D eigenvalue weighted by atomic mass is 35.5. The molecule has 8 heteroatoms. The van der Waals surface area contributed by atoms with Crippen LogP contribution >= 0.6 is 11.6 Å². The zero-order valence-electron chi connectivity index (χ0n) is 10.1. The van der Waals surface area contributed by atoms with Gasteiger partial charge in [-0.05, 0) is 13.0 Å². The number of aliphatic hydroxyl groups excluding tert-OH is 1. The second-order valence-corrected chi connectivity index (χ2v) is 4.14. The highest BCUT2D eigenvalue weighted by Crippen LogP contribution is 2.35. The van der Waals surface area contributed by atoms with Crippen molar-refractivity contribution >= 4 is 17.3 Å². The normalized spacial score (nSPS) is 10.7. The number of hydrogen-bond donors (Lipinski definition) is 1. The largest absolute Gasteiger partial charge is 0.388 e. The highest BCUT2D eigenvalue weighted by molar-refractivity contribution is 6.33. The van der Waals surface area contributed by atoms with Crippen LogP contribution in [0.25, 0.3) is 11.4 Å². The van der Waals surface area contributed by atoms with Gasteiger partial charge in [0.05, 0.1) is 9.95 Å². The SMILES string of the molecule is CCn1c(CO)nnc1-c1c(Cl)cccc1[N+](=O)[O-]. The number of nitrogens with zero attached hydrogens (tertiary/aromatic N) is 4. The Kier molecular flexibility index (Phi) is 3.77. The van der Waals surface area contributed by atoms with E-state index in [9.17, 15) is 10.1 Å². The number of aromatic nitrogens is 3. The Labute approximate surface area is 113 Å². The summed E-state index contributed by atoms with van der Waals surface area (Å²) in [5, 5.41) is 28.2. The summed E-state index contributed by atoms with van der Waals surface area (Å²) in [4.78, 5) is 10.5. The second kappa shape index (κ2) is 5.33. The van der Waals surface area contributed by atoms with Gasteiger partial charge in [-0.15, -0.1) is 10.2 Å². The third-order valence-electron chi connectivity index (χ3n) is 2.70. The van der Waals surface area contributed by atoms with Crippen LogP contribution in [0.4, 0.5) is 5.69 Å². The molecule has 100 valence electrons. The maximum absolute atomic E-state index is 11.1. The van der Waals surface area contributed by atoms with Crippen LogP contribution in [-0.2, 0) is 13.2 Å². The van der Waals surface area contributed by atoms with Gasteiger partial charge in [0.2, 0.25) is 0 Å². The van der Waals surface area contributed by atoms with E-state index in [4.69, 9.17) is 16.7 Å². The zero-order chi connectivity index (χ0) is 14.0. The Morgan fingerprint density at radius 3 is 2.79 bits per heavy atom. The Bertz CT molecular complexity index is 626. The van der Waals surface area contributed by atoms with Crippen LogP contribution in [-0.4, -0.2) is 24.8 Å². The van der Waals surface area contributed by atoms with E-state index in [-0.39, 0.29) is 28.7 Å². The summed E-state index contributed by atoms with van der Waals surface area (Å²) >= 11 is 6.04. The highest BCUT2D eigenvalue weighted by Gasteiger charge is 2.24. The first kappa shape index (κ1) is 13.4. The summed E-state index contributed by atoms with van der Waals surface area (Å²) in [6.07, 6.45) is 0. The molecule has 1 aromatic heterocycles. The van der Waals surface area contributed by atoms with Gasteiger partial charge >= 0.3 is 0 Å². The molecule has 0 atom stereocenters. The molecule has 7 nitrogen and oxygen atoms in total. The minimum absolute atomic E-state index is 0.140. The van der Waals surface area contributed by atoms with Crippen molar-refractivity contribution in [3.8, 4) is 11.4 Å². The monoisotopic (exact) mass is 282 g/mol.